The smallest absolute Gasteiger partial charge is 0.308 e. The Morgan fingerprint density at radius 2 is 1.92 bits per heavy atom. The van der Waals surface area contributed by atoms with Gasteiger partial charge in [0, 0.05) is 12.1 Å². The monoisotopic (exact) mass is 329 g/mol. The van der Waals surface area contributed by atoms with E-state index in [9.17, 15) is 19.1 Å². The van der Waals surface area contributed by atoms with E-state index in [1.807, 2.05) is 31.2 Å². The molecule has 0 saturated heterocycles. The molecule has 24 heavy (non-hydrogen) atoms. The number of carboxylic acid groups (broad SMARTS) is 1. The third-order valence-electron chi connectivity index (χ3n) is 3.86. The van der Waals surface area contributed by atoms with E-state index in [4.69, 9.17) is 0 Å². The summed E-state index contributed by atoms with van der Waals surface area (Å²) in [4.78, 5) is 23.5. The maximum Gasteiger partial charge on any atom is 0.308 e. The van der Waals surface area contributed by atoms with E-state index in [2.05, 4.69) is 5.32 Å². The Kier molecular flexibility index (Phi) is 5.68. The largest absolute Gasteiger partial charge is 0.481 e. The minimum absolute atomic E-state index is 0.0163. The first kappa shape index (κ1) is 17.7. The third kappa shape index (κ3) is 4.65. The average Bonchev–Trinajstić information content (AvgIpc) is 2.53. The van der Waals surface area contributed by atoms with Crippen LogP contribution in [0.4, 0.5) is 4.39 Å². The predicted octanol–water partition coefficient (Wildman–Crippen LogP) is 3.12. The lowest BCUT2D eigenvalue weighted by Gasteiger charge is -2.14. The van der Waals surface area contributed by atoms with Crippen LogP contribution in [0.15, 0.2) is 42.5 Å². The second-order valence-corrected chi connectivity index (χ2v) is 5.90. The summed E-state index contributed by atoms with van der Waals surface area (Å²) in [6.45, 7) is 3.53. The normalized spacial score (nSPS) is 11.8. The molecule has 1 amide bonds. The van der Waals surface area contributed by atoms with Crippen LogP contribution in [0.25, 0.3) is 0 Å². The summed E-state index contributed by atoms with van der Waals surface area (Å²) in [5.41, 5.74) is 2.58. The molecule has 2 N–H and O–H groups in total. The highest BCUT2D eigenvalue weighted by Gasteiger charge is 2.19. The third-order valence-corrected chi connectivity index (χ3v) is 3.86. The molecule has 1 unspecified atom stereocenters. The Balaban J connectivity index is 2.01. The molecule has 0 aliphatic heterocycles. The summed E-state index contributed by atoms with van der Waals surface area (Å²) < 4.78 is 13.5. The second-order valence-electron chi connectivity index (χ2n) is 5.90. The number of aryl methyl sites for hydroxylation is 2. The van der Waals surface area contributed by atoms with Crippen LogP contribution in [-0.4, -0.2) is 23.5 Å². The molecule has 126 valence electrons. The molecule has 0 aliphatic carbocycles. The lowest BCUT2D eigenvalue weighted by molar-refractivity contribution is -0.141. The zero-order valence-corrected chi connectivity index (χ0v) is 13.7. The van der Waals surface area contributed by atoms with Crippen LogP contribution in [0.3, 0.4) is 0 Å². The van der Waals surface area contributed by atoms with Crippen molar-refractivity contribution in [3.8, 4) is 0 Å². The van der Waals surface area contributed by atoms with Gasteiger partial charge >= 0.3 is 5.97 Å². The standard InChI is InChI=1S/C19H20FNO3/c1-12-4-3-5-14(8-12)9-16(19(23)24)11-21-18(22)15-7-6-13(2)17(20)10-15/h3-8,10,16H,9,11H2,1-2H3,(H,21,22)(H,23,24). The van der Waals surface area contributed by atoms with Gasteiger partial charge in [-0.25, -0.2) is 4.39 Å². The van der Waals surface area contributed by atoms with Gasteiger partial charge in [0.15, 0.2) is 0 Å². The van der Waals surface area contributed by atoms with Crippen LogP contribution in [0.5, 0.6) is 0 Å². The fraction of sp³-hybridized carbons (Fsp3) is 0.263. The van der Waals surface area contributed by atoms with Gasteiger partial charge in [-0.3, -0.25) is 9.59 Å². The number of amides is 1. The van der Waals surface area contributed by atoms with Gasteiger partial charge in [-0.2, -0.15) is 0 Å². The van der Waals surface area contributed by atoms with E-state index in [1.54, 1.807) is 6.92 Å². The Hall–Kier alpha value is -2.69. The molecule has 0 aromatic heterocycles. The second kappa shape index (κ2) is 7.73. The van der Waals surface area contributed by atoms with Gasteiger partial charge in [-0.05, 0) is 43.5 Å². The number of carbonyl (C=O) groups excluding carboxylic acids is 1. The van der Waals surface area contributed by atoms with Crippen molar-refractivity contribution in [2.75, 3.05) is 6.54 Å². The summed E-state index contributed by atoms with van der Waals surface area (Å²) in [5.74, 6) is -2.67. The van der Waals surface area contributed by atoms with Gasteiger partial charge in [-0.1, -0.05) is 35.9 Å². The zero-order chi connectivity index (χ0) is 17.7. The predicted molar refractivity (Wildman–Crippen MR) is 89.5 cm³/mol. The number of aliphatic carboxylic acids is 1. The summed E-state index contributed by atoms with van der Waals surface area (Å²) in [6, 6.07) is 11.8. The van der Waals surface area contributed by atoms with E-state index in [0.29, 0.717) is 12.0 Å². The van der Waals surface area contributed by atoms with Crippen LogP contribution in [0.2, 0.25) is 0 Å². The minimum Gasteiger partial charge on any atom is -0.481 e. The Labute approximate surface area is 140 Å². The maximum atomic E-state index is 13.5. The first-order valence-corrected chi connectivity index (χ1v) is 7.69. The molecule has 0 saturated carbocycles. The molecule has 5 heteroatoms. The molecule has 0 spiro atoms. The molecular formula is C19H20FNO3. The van der Waals surface area contributed by atoms with Crippen LogP contribution in [0.1, 0.15) is 27.0 Å². The summed E-state index contributed by atoms with van der Waals surface area (Å²) in [6.07, 6.45) is 0.319. The summed E-state index contributed by atoms with van der Waals surface area (Å²) in [5, 5.41) is 11.9. The van der Waals surface area contributed by atoms with Gasteiger partial charge in [0.05, 0.1) is 5.92 Å². The lowest BCUT2D eigenvalue weighted by Crippen LogP contribution is -2.34. The van der Waals surface area contributed by atoms with Crippen molar-refractivity contribution in [2.24, 2.45) is 5.92 Å². The van der Waals surface area contributed by atoms with Gasteiger partial charge in [-0.15, -0.1) is 0 Å². The fourth-order valence-corrected chi connectivity index (χ4v) is 2.42. The van der Waals surface area contributed by atoms with E-state index in [1.165, 1.54) is 12.1 Å². The Morgan fingerprint density at radius 3 is 2.54 bits per heavy atom. The molecule has 0 aliphatic rings. The first-order valence-electron chi connectivity index (χ1n) is 7.69. The van der Waals surface area contributed by atoms with Crippen LogP contribution < -0.4 is 5.32 Å². The molecule has 2 aromatic rings. The van der Waals surface area contributed by atoms with Crippen molar-refractivity contribution in [3.05, 3.63) is 70.5 Å². The van der Waals surface area contributed by atoms with Crippen molar-refractivity contribution in [1.82, 2.24) is 5.32 Å². The van der Waals surface area contributed by atoms with Crippen molar-refractivity contribution < 1.29 is 19.1 Å². The molecule has 2 rings (SSSR count). The summed E-state index contributed by atoms with van der Waals surface area (Å²) >= 11 is 0. The van der Waals surface area contributed by atoms with Gasteiger partial charge in [0.1, 0.15) is 5.82 Å². The minimum atomic E-state index is -0.980. The molecule has 1 atom stereocenters. The van der Waals surface area contributed by atoms with Crippen LogP contribution >= 0.6 is 0 Å². The van der Waals surface area contributed by atoms with Gasteiger partial charge in [0.2, 0.25) is 0 Å². The number of hydrogen-bond donors (Lipinski definition) is 2. The van der Waals surface area contributed by atoms with E-state index in [-0.39, 0.29) is 12.1 Å². The zero-order valence-electron chi connectivity index (χ0n) is 13.7. The number of halogens is 1. The van der Waals surface area contributed by atoms with Crippen molar-refractivity contribution in [2.45, 2.75) is 20.3 Å². The van der Waals surface area contributed by atoms with Crippen molar-refractivity contribution >= 4 is 11.9 Å². The van der Waals surface area contributed by atoms with Crippen LogP contribution in [-0.2, 0) is 11.2 Å². The molecule has 4 nitrogen and oxygen atoms in total. The molecule has 0 fully saturated rings. The van der Waals surface area contributed by atoms with Crippen molar-refractivity contribution in [3.63, 3.8) is 0 Å². The highest BCUT2D eigenvalue weighted by atomic mass is 19.1. The van der Waals surface area contributed by atoms with Crippen molar-refractivity contribution in [1.29, 1.82) is 0 Å². The highest BCUT2D eigenvalue weighted by Crippen LogP contribution is 2.12. The molecule has 0 radical (unpaired) electrons. The summed E-state index contributed by atoms with van der Waals surface area (Å²) in [7, 11) is 0. The molecular weight excluding hydrogens is 309 g/mol. The molecule has 2 aromatic carbocycles. The Bertz CT molecular complexity index is 758. The number of carboxylic acids is 1. The quantitative estimate of drug-likeness (QED) is 0.856. The van der Waals surface area contributed by atoms with Crippen LogP contribution in [0, 0.1) is 25.6 Å². The van der Waals surface area contributed by atoms with Gasteiger partial charge in [0.25, 0.3) is 5.91 Å². The van der Waals surface area contributed by atoms with Gasteiger partial charge < -0.3 is 10.4 Å². The average molecular weight is 329 g/mol. The lowest BCUT2D eigenvalue weighted by atomic mass is 9.98. The first-order chi connectivity index (χ1) is 11.4. The number of nitrogens with one attached hydrogen (secondary N) is 1. The van der Waals surface area contributed by atoms with E-state index in [0.717, 1.165) is 17.2 Å². The molecule has 0 bridgehead atoms. The molecule has 0 heterocycles. The maximum absolute atomic E-state index is 13.5. The fourth-order valence-electron chi connectivity index (χ4n) is 2.42. The topological polar surface area (TPSA) is 66.4 Å². The van der Waals surface area contributed by atoms with E-state index < -0.39 is 23.6 Å². The SMILES string of the molecule is Cc1cccc(CC(CNC(=O)c2ccc(C)c(F)c2)C(=O)O)c1. The van der Waals surface area contributed by atoms with E-state index >= 15 is 0 Å². The number of hydrogen-bond acceptors (Lipinski definition) is 2. The highest BCUT2D eigenvalue weighted by molar-refractivity contribution is 5.94. The number of rotatable bonds is 6. The Morgan fingerprint density at radius 1 is 1.17 bits per heavy atom. The number of benzene rings is 2. The number of carbonyl (C=O) groups is 2.